The highest BCUT2D eigenvalue weighted by Gasteiger charge is 2.25. The first-order chi connectivity index (χ1) is 10.1. The molecule has 2 aromatic heterocycles. The van der Waals surface area contributed by atoms with Gasteiger partial charge in [0.2, 0.25) is 17.6 Å². The van der Waals surface area contributed by atoms with Gasteiger partial charge in [-0.2, -0.15) is 4.98 Å². The zero-order valence-electron chi connectivity index (χ0n) is 11.3. The summed E-state index contributed by atoms with van der Waals surface area (Å²) in [6.07, 6.45) is 2.62. The Balaban J connectivity index is 1.73. The highest BCUT2D eigenvalue weighted by Crippen LogP contribution is 2.23. The van der Waals surface area contributed by atoms with E-state index in [0.717, 1.165) is 19.3 Å². The summed E-state index contributed by atoms with van der Waals surface area (Å²) < 4.78 is 11.1. The van der Waals surface area contributed by atoms with Crippen molar-refractivity contribution < 1.29 is 13.7 Å². The summed E-state index contributed by atoms with van der Waals surface area (Å²) in [5.74, 6) is 1.19. The van der Waals surface area contributed by atoms with Gasteiger partial charge in [-0.05, 0) is 47.3 Å². The lowest BCUT2D eigenvalue weighted by Crippen LogP contribution is -2.41. The van der Waals surface area contributed by atoms with E-state index in [1.807, 2.05) is 0 Å². The molecule has 21 heavy (non-hydrogen) atoms. The van der Waals surface area contributed by atoms with Crippen LogP contribution in [0.1, 0.15) is 25.2 Å². The average Bonchev–Trinajstić information content (AvgIpc) is 3.06. The largest absolute Gasteiger partial charge is 0.446 e. The zero-order valence-corrected chi connectivity index (χ0v) is 12.9. The first kappa shape index (κ1) is 14.3. The standard InChI is InChI=1S/C13H15BrN4O3/c14-10-5-4-9(20-10)12-16-11(21-17-12)7-18-6-2-1-3-8(15)13(18)19/h4-5,8H,1-3,6-7,15H2. The van der Waals surface area contributed by atoms with Crippen LogP contribution in [0.15, 0.2) is 25.7 Å². The molecule has 1 amide bonds. The van der Waals surface area contributed by atoms with Gasteiger partial charge in [0.1, 0.15) is 6.54 Å². The number of carbonyl (C=O) groups is 1. The maximum absolute atomic E-state index is 12.1. The molecule has 7 nitrogen and oxygen atoms in total. The molecule has 3 heterocycles. The highest BCUT2D eigenvalue weighted by atomic mass is 79.9. The predicted octanol–water partition coefficient (Wildman–Crippen LogP) is 1.93. The first-order valence-electron chi connectivity index (χ1n) is 6.76. The number of rotatable bonds is 3. The molecule has 0 saturated carbocycles. The maximum Gasteiger partial charge on any atom is 0.246 e. The molecular weight excluding hydrogens is 340 g/mol. The van der Waals surface area contributed by atoms with Crippen molar-refractivity contribution in [1.82, 2.24) is 15.0 Å². The van der Waals surface area contributed by atoms with E-state index in [1.54, 1.807) is 17.0 Å². The topological polar surface area (TPSA) is 98.4 Å². The Morgan fingerprint density at radius 2 is 2.29 bits per heavy atom. The van der Waals surface area contributed by atoms with Crippen molar-refractivity contribution >= 4 is 21.8 Å². The smallest absolute Gasteiger partial charge is 0.246 e. The van der Waals surface area contributed by atoms with Crippen molar-refractivity contribution in [3.8, 4) is 11.6 Å². The number of halogens is 1. The molecule has 1 saturated heterocycles. The van der Waals surface area contributed by atoms with Crippen LogP contribution in [0.25, 0.3) is 11.6 Å². The van der Waals surface area contributed by atoms with Gasteiger partial charge >= 0.3 is 0 Å². The minimum atomic E-state index is -0.434. The number of nitrogens with zero attached hydrogens (tertiary/aromatic N) is 3. The highest BCUT2D eigenvalue weighted by molar-refractivity contribution is 9.10. The van der Waals surface area contributed by atoms with Crippen LogP contribution in [-0.2, 0) is 11.3 Å². The van der Waals surface area contributed by atoms with E-state index in [2.05, 4.69) is 26.1 Å². The van der Waals surface area contributed by atoms with Crippen molar-refractivity contribution in [3.05, 3.63) is 22.7 Å². The van der Waals surface area contributed by atoms with E-state index >= 15 is 0 Å². The minimum absolute atomic E-state index is 0.0620. The fraction of sp³-hybridized carbons (Fsp3) is 0.462. The summed E-state index contributed by atoms with van der Waals surface area (Å²) in [6.45, 7) is 0.942. The molecule has 8 heteroatoms. The molecule has 0 spiro atoms. The van der Waals surface area contributed by atoms with E-state index < -0.39 is 6.04 Å². The van der Waals surface area contributed by atoms with Crippen molar-refractivity contribution in [1.29, 1.82) is 0 Å². The lowest BCUT2D eigenvalue weighted by atomic mass is 10.1. The van der Waals surface area contributed by atoms with Gasteiger partial charge in [0.15, 0.2) is 10.4 Å². The molecule has 1 fully saturated rings. The van der Waals surface area contributed by atoms with E-state index in [4.69, 9.17) is 14.7 Å². The summed E-state index contributed by atoms with van der Waals surface area (Å²) in [5, 5.41) is 3.86. The lowest BCUT2D eigenvalue weighted by Gasteiger charge is -2.20. The quantitative estimate of drug-likeness (QED) is 0.903. The van der Waals surface area contributed by atoms with E-state index in [-0.39, 0.29) is 12.5 Å². The Bertz CT molecular complexity index is 639. The molecule has 2 N–H and O–H groups in total. The van der Waals surface area contributed by atoms with Crippen LogP contribution in [0.5, 0.6) is 0 Å². The molecule has 0 radical (unpaired) electrons. The molecule has 1 unspecified atom stereocenters. The molecule has 0 aliphatic carbocycles. The van der Waals surface area contributed by atoms with Crippen molar-refractivity contribution in [3.63, 3.8) is 0 Å². The van der Waals surface area contributed by atoms with E-state index in [1.165, 1.54) is 0 Å². The molecule has 0 bridgehead atoms. The van der Waals surface area contributed by atoms with Crippen LogP contribution >= 0.6 is 15.9 Å². The fourth-order valence-electron chi connectivity index (χ4n) is 2.31. The van der Waals surface area contributed by atoms with E-state index in [0.29, 0.717) is 28.7 Å². The van der Waals surface area contributed by atoms with Crippen LogP contribution in [0.3, 0.4) is 0 Å². The van der Waals surface area contributed by atoms with Crippen LogP contribution in [0, 0.1) is 0 Å². The molecule has 1 atom stereocenters. The van der Waals surface area contributed by atoms with Crippen LogP contribution < -0.4 is 5.73 Å². The summed E-state index contributed by atoms with van der Waals surface area (Å²) >= 11 is 3.22. The molecule has 1 aliphatic rings. The maximum atomic E-state index is 12.1. The molecule has 1 aliphatic heterocycles. The van der Waals surface area contributed by atoms with Gasteiger partial charge < -0.3 is 19.6 Å². The SMILES string of the molecule is NC1CCCCN(Cc2nc(-c3ccc(Br)o3)no2)C1=O. The lowest BCUT2D eigenvalue weighted by molar-refractivity contribution is -0.133. The summed E-state index contributed by atoms with van der Waals surface area (Å²) in [5.41, 5.74) is 5.84. The van der Waals surface area contributed by atoms with Gasteiger partial charge in [-0.25, -0.2) is 0 Å². The summed E-state index contributed by atoms with van der Waals surface area (Å²) in [6, 6.07) is 3.06. The zero-order chi connectivity index (χ0) is 14.8. The Morgan fingerprint density at radius 1 is 1.43 bits per heavy atom. The van der Waals surface area contributed by atoms with Gasteiger partial charge in [0.05, 0.1) is 6.04 Å². The Hall–Kier alpha value is -1.67. The molecule has 2 aromatic rings. The van der Waals surface area contributed by atoms with Crippen molar-refractivity contribution in [2.24, 2.45) is 5.73 Å². The number of likely N-dealkylation sites (tertiary alicyclic amines) is 1. The second-order valence-corrected chi connectivity index (χ2v) is 5.76. The van der Waals surface area contributed by atoms with Gasteiger partial charge in [-0.15, -0.1) is 0 Å². The fourth-order valence-corrected chi connectivity index (χ4v) is 2.62. The van der Waals surface area contributed by atoms with Gasteiger partial charge in [0, 0.05) is 6.54 Å². The number of nitrogens with two attached hydrogens (primary N) is 1. The van der Waals surface area contributed by atoms with Crippen LogP contribution in [0.2, 0.25) is 0 Å². The minimum Gasteiger partial charge on any atom is -0.446 e. The van der Waals surface area contributed by atoms with Crippen molar-refractivity contribution in [2.75, 3.05) is 6.54 Å². The molecule has 112 valence electrons. The Kier molecular flexibility index (Phi) is 4.07. The van der Waals surface area contributed by atoms with Crippen molar-refractivity contribution in [2.45, 2.75) is 31.8 Å². The first-order valence-corrected chi connectivity index (χ1v) is 7.55. The third-order valence-electron chi connectivity index (χ3n) is 3.41. The third kappa shape index (κ3) is 3.16. The summed E-state index contributed by atoms with van der Waals surface area (Å²) in [4.78, 5) is 18.0. The number of amides is 1. The Morgan fingerprint density at radius 3 is 3.05 bits per heavy atom. The van der Waals surface area contributed by atoms with Gasteiger partial charge in [-0.3, -0.25) is 4.79 Å². The second-order valence-electron chi connectivity index (χ2n) is 4.98. The molecular formula is C13H15BrN4O3. The average molecular weight is 355 g/mol. The monoisotopic (exact) mass is 354 g/mol. The number of hydrogen-bond acceptors (Lipinski definition) is 6. The summed E-state index contributed by atoms with van der Waals surface area (Å²) in [7, 11) is 0. The molecule has 3 rings (SSSR count). The normalized spacial score (nSPS) is 19.8. The predicted molar refractivity (Wildman–Crippen MR) is 76.9 cm³/mol. The number of hydrogen-bond donors (Lipinski definition) is 1. The number of carbonyl (C=O) groups excluding carboxylic acids is 1. The van der Waals surface area contributed by atoms with E-state index in [9.17, 15) is 4.79 Å². The van der Waals surface area contributed by atoms with Gasteiger partial charge in [-0.1, -0.05) is 5.16 Å². The molecule has 0 aromatic carbocycles. The third-order valence-corrected chi connectivity index (χ3v) is 3.84. The Labute approximate surface area is 129 Å². The number of aromatic nitrogens is 2. The number of furan rings is 1. The second kappa shape index (κ2) is 5.98. The van der Waals surface area contributed by atoms with Crippen LogP contribution in [-0.4, -0.2) is 33.5 Å². The van der Waals surface area contributed by atoms with Gasteiger partial charge in [0.25, 0.3) is 0 Å². The van der Waals surface area contributed by atoms with Crippen LogP contribution in [0.4, 0.5) is 0 Å².